The molecular weight excluding hydrogens is 322 g/mol. The van der Waals surface area contributed by atoms with Gasteiger partial charge in [0.25, 0.3) is 5.91 Å². The Bertz CT molecular complexity index is 780. The number of thiazole rings is 1. The van der Waals surface area contributed by atoms with Crippen molar-refractivity contribution in [1.29, 1.82) is 0 Å². The molecule has 1 heterocycles. The third-order valence-corrected chi connectivity index (χ3v) is 5.06. The van der Waals surface area contributed by atoms with Crippen molar-refractivity contribution >= 4 is 27.3 Å². The summed E-state index contributed by atoms with van der Waals surface area (Å²) in [5.41, 5.74) is 1.66. The third kappa shape index (κ3) is 4.12. The highest BCUT2D eigenvalue weighted by Crippen LogP contribution is 2.16. The fourth-order valence-electron chi connectivity index (χ4n) is 1.99. The Labute approximate surface area is 133 Å². The maximum atomic E-state index is 12.0. The largest absolute Gasteiger partial charge is 0.351 e. The summed E-state index contributed by atoms with van der Waals surface area (Å²) < 4.78 is 22.3. The molecule has 8 heteroatoms. The summed E-state index contributed by atoms with van der Waals surface area (Å²) in [7, 11) is -3.67. The molecule has 0 aliphatic carbocycles. The van der Waals surface area contributed by atoms with Gasteiger partial charge in [-0.25, -0.2) is 18.5 Å². The Morgan fingerprint density at radius 2 is 1.91 bits per heavy atom. The summed E-state index contributed by atoms with van der Waals surface area (Å²) >= 11 is 1.37. The molecule has 22 heavy (non-hydrogen) atoms. The predicted molar refractivity (Wildman–Crippen MR) is 85.4 cm³/mol. The van der Waals surface area contributed by atoms with Crippen LogP contribution in [0, 0.1) is 13.8 Å². The Balaban J connectivity index is 1.91. The van der Waals surface area contributed by atoms with Gasteiger partial charge in [0.2, 0.25) is 10.0 Å². The van der Waals surface area contributed by atoms with Gasteiger partial charge in [-0.2, -0.15) is 0 Å². The number of carbonyl (C=O) groups is 1. The van der Waals surface area contributed by atoms with Gasteiger partial charge >= 0.3 is 0 Å². The predicted octanol–water partition coefficient (Wildman–Crippen LogP) is 1.38. The highest BCUT2D eigenvalue weighted by Gasteiger charge is 2.13. The lowest BCUT2D eigenvalue weighted by molar-refractivity contribution is 0.0957. The lowest BCUT2D eigenvalue weighted by Gasteiger charge is -2.05. The molecule has 2 aromatic rings. The van der Waals surface area contributed by atoms with Crippen LogP contribution in [0.1, 0.15) is 25.9 Å². The van der Waals surface area contributed by atoms with Crippen molar-refractivity contribution in [2.75, 3.05) is 6.54 Å². The molecule has 0 aliphatic rings. The van der Waals surface area contributed by atoms with E-state index in [-0.39, 0.29) is 10.8 Å². The van der Waals surface area contributed by atoms with Crippen molar-refractivity contribution in [1.82, 2.24) is 10.3 Å². The first kappa shape index (κ1) is 16.6. The Kier molecular flexibility index (Phi) is 4.94. The molecule has 3 N–H and O–H groups in total. The summed E-state index contributed by atoms with van der Waals surface area (Å²) in [6, 6.07) is 6.30. The normalized spacial score (nSPS) is 11.4. The van der Waals surface area contributed by atoms with Crippen LogP contribution < -0.4 is 10.5 Å². The molecule has 118 valence electrons. The Morgan fingerprint density at radius 3 is 2.41 bits per heavy atom. The van der Waals surface area contributed by atoms with E-state index in [1.807, 2.05) is 13.8 Å². The van der Waals surface area contributed by atoms with Crippen LogP contribution in [-0.4, -0.2) is 25.9 Å². The molecule has 0 fully saturated rings. The molecular formula is C14H17N3O3S2. The van der Waals surface area contributed by atoms with Crippen LogP contribution in [0.5, 0.6) is 0 Å². The van der Waals surface area contributed by atoms with Gasteiger partial charge < -0.3 is 5.32 Å². The maximum absolute atomic E-state index is 12.0. The van der Waals surface area contributed by atoms with E-state index in [0.717, 1.165) is 16.3 Å². The van der Waals surface area contributed by atoms with Crippen LogP contribution in [0.3, 0.4) is 0 Å². The smallest absolute Gasteiger partial charge is 0.263 e. The molecule has 2 rings (SSSR count). The van der Waals surface area contributed by atoms with Crippen molar-refractivity contribution in [3.8, 4) is 0 Å². The topological polar surface area (TPSA) is 102 Å². The number of nitrogens with two attached hydrogens (primary N) is 1. The van der Waals surface area contributed by atoms with Gasteiger partial charge in [0.1, 0.15) is 4.88 Å². The number of benzene rings is 1. The van der Waals surface area contributed by atoms with E-state index in [1.165, 1.54) is 23.5 Å². The second-order valence-electron chi connectivity index (χ2n) is 4.84. The van der Waals surface area contributed by atoms with Gasteiger partial charge in [0, 0.05) is 6.54 Å². The fourth-order valence-corrected chi connectivity index (χ4v) is 3.34. The SMILES string of the molecule is Cc1nc(C)c(C(=O)NCCc2ccc(S(N)(=O)=O)cc2)s1. The van der Waals surface area contributed by atoms with Crippen LogP contribution in [0.25, 0.3) is 0 Å². The van der Waals surface area contributed by atoms with Crippen molar-refractivity contribution < 1.29 is 13.2 Å². The summed E-state index contributed by atoms with van der Waals surface area (Å²) in [6.07, 6.45) is 0.605. The zero-order valence-electron chi connectivity index (χ0n) is 12.3. The molecule has 0 atom stereocenters. The lowest BCUT2D eigenvalue weighted by Crippen LogP contribution is -2.25. The first-order valence-electron chi connectivity index (χ1n) is 6.61. The number of hydrogen-bond acceptors (Lipinski definition) is 5. The number of carbonyl (C=O) groups excluding carboxylic acids is 1. The van der Waals surface area contributed by atoms with Gasteiger partial charge in [-0.05, 0) is 38.0 Å². The number of sulfonamides is 1. The minimum absolute atomic E-state index is 0.0797. The summed E-state index contributed by atoms with van der Waals surface area (Å²) in [4.78, 5) is 16.9. The fraction of sp³-hybridized carbons (Fsp3) is 0.286. The van der Waals surface area contributed by atoms with E-state index in [1.54, 1.807) is 12.1 Å². The van der Waals surface area contributed by atoms with E-state index in [2.05, 4.69) is 10.3 Å². The second kappa shape index (κ2) is 6.55. The van der Waals surface area contributed by atoms with Crippen molar-refractivity contribution in [2.45, 2.75) is 25.2 Å². The summed E-state index contributed by atoms with van der Waals surface area (Å²) in [5.74, 6) is -0.135. The molecule has 0 saturated heterocycles. The number of nitrogens with one attached hydrogen (secondary N) is 1. The third-order valence-electron chi connectivity index (χ3n) is 3.06. The molecule has 1 aromatic carbocycles. The Hall–Kier alpha value is -1.77. The van der Waals surface area contributed by atoms with Crippen molar-refractivity contribution in [3.05, 3.63) is 45.4 Å². The molecule has 0 radical (unpaired) electrons. The number of aryl methyl sites for hydroxylation is 2. The molecule has 0 aliphatic heterocycles. The molecule has 1 amide bonds. The van der Waals surface area contributed by atoms with Crippen LogP contribution in [0.4, 0.5) is 0 Å². The number of aromatic nitrogens is 1. The highest BCUT2D eigenvalue weighted by atomic mass is 32.2. The van der Waals surface area contributed by atoms with Gasteiger partial charge in [0.05, 0.1) is 15.6 Å². The van der Waals surface area contributed by atoms with E-state index >= 15 is 0 Å². The highest BCUT2D eigenvalue weighted by molar-refractivity contribution is 7.89. The van der Waals surface area contributed by atoms with Crippen LogP contribution in [-0.2, 0) is 16.4 Å². The average molecular weight is 339 g/mol. The van der Waals surface area contributed by atoms with Gasteiger partial charge in [-0.3, -0.25) is 4.79 Å². The number of rotatable bonds is 5. The monoisotopic (exact) mass is 339 g/mol. The van der Waals surface area contributed by atoms with E-state index in [0.29, 0.717) is 17.8 Å². The zero-order valence-corrected chi connectivity index (χ0v) is 13.9. The maximum Gasteiger partial charge on any atom is 0.263 e. The number of amides is 1. The first-order chi connectivity index (χ1) is 10.3. The summed E-state index contributed by atoms with van der Waals surface area (Å²) in [6.45, 7) is 4.13. The van der Waals surface area contributed by atoms with Crippen molar-refractivity contribution in [3.63, 3.8) is 0 Å². The Morgan fingerprint density at radius 1 is 1.27 bits per heavy atom. The second-order valence-corrected chi connectivity index (χ2v) is 7.61. The minimum Gasteiger partial charge on any atom is -0.351 e. The standard InChI is InChI=1S/C14H17N3O3S2/c1-9-13(21-10(2)17-9)14(18)16-8-7-11-3-5-12(6-4-11)22(15,19)20/h3-6H,7-8H2,1-2H3,(H,16,18)(H2,15,19,20). The van der Waals surface area contributed by atoms with Gasteiger partial charge in [0.15, 0.2) is 0 Å². The van der Waals surface area contributed by atoms with Crippen LogP contribution in [0.15, 0.2) is 29.2 Å². The van der Waals surface area contributed by atoms with Crippen LogP contribution in [0.2, 0.25) is 0 Å². The minimum atomic E-state index is -3.67. The van der Waals surface area contributed by atoms with E-state index in [9.17, 15) is 13.2 Å². The summed E-state index contributed by atoms with van der Waals surface area (Å²) in [5, 5.41) is 8.73. The molecule has 1 aromatic heterocycles. The lowest BCUT2D eigenvalue weighted by atomic mass is 10.1. The molecule has 0 unspecified atom stereocenters. The van der Waals surface area contributed by atoms with Crippen molar-refractivity contribution in [2.24, 2.45) is 5.14 Å². The van der Waals surface area contributed by atoms with Gasteiger partial charge in [-0.15, -0.1) is 11.3 Å². The quantitative estimate of drug-likeness (QED) is 0.859. The number of hydrogen-bond donors (Lipinski definition) is 2. The molecule has 0 saturated carbocycles. The zero-order chi connectivity index (χ0) is 16.3. The molecule has 6 nitrogen and oxygen atoms in total. The van der Waals surface area contributed by atoms with Gasteiger partial charge in [-0.1, -0.05) is 12.1 Å². The molecule has 0 bridgehead atoms. The number of primary sulfonamides is 1. The number of nitrogens with zero attached hydrogens (tertiary/aromatic N) is 1. The molecule has 0 spiro atoms. The van der Waals surface area contributed by atoms with E-state index < -0.39 is 10.0 Å². The van der Waals surface area contributed by atoms with Crippen LogP contribution >= 0.6 is 11.3 Å². The van der Waals surface area contributed by atoms with E-state index in [4.69, 9.17) is 5.14 Å². The first-order valence-corrected chi connectivity index (χ1v) is 8.97. The average Bonchev–Trinajstić information content (AvgIpc) is 2.77.